The van der Waals surface area contributed by atoms with Gasteiger partial charge in [0.2, 0.25) is 0 Å². The average Bonchev–Trinajstić information content (AvgIpc) is 2.25. The fraction of sp³-hybridized carbons (Fsp3) is 0.846. The van der Waals surface area contributed by atoms with Gasteiger partial charge in [0.15, 0.2) is 0 Å². The third-order valence-electron chi connectivity index (χ3n) is 2.74. The molecule has 0 aliphatic heterocycles. The lowest BCUT2D eigenvalue weighted by Gasteiger charge is -2.16. The van der Waals surface area contributed by atoms with Crippen molar-refractivity contribution < 1.29 is 22.0 Å². The van der Waals surface area contributed by atoms with Crippen molar-refractivity contribution in [3.8, 4) is 0 Å². The Hall–Kier alpha value is 0.120. The molecule has 0 fully saturated rings. The summed E-state index contributed by atoms with van der Waals surface area (Å²) in [5.41, 5.74) is 0. The van der Waals surface area contributed by atoms with Gasteiger partial charge in [-0.25, -0.2) is 0 Å². The Morgan fingerprint density at radius 1 is 0.895 bits per heavy atom. The number of unbranched alkanes of at least 4 members (excludes halogenated alkanes) is 6. The third-order valence-corrected chi connectivity index (χ3v) is 3.59. The SMILES string of the molecule is CCCCCCCCCC(I)=CC(F)(F)C(F)(F)F. The van der Waals surface area contributed by atoms with Crippen LogP contribution in [0.1, 0.15) is 58.3 Å². The Bertz CT molecular complexity index is 271. The summed E-state index contributed by atoms with van der Waals surface area (Å²) in [5.74, 6) is -4.72. The van der Waals surface area contributed by atoms with Gasteiger partial charge in [-0.05, 0) is 39.0 Å². The first-order valence-electron chi connectivity index (χ1n) is 6.52. The predicted octanol–water partition coefficient (Wildman–Crippen LogP) is 6.64. The van der Waals surface area contributed by atoms with E-state index in [1.54, 1.807) is 22.6 Å². The monoisotopic (exact) mass is 398 g/mol. The number of alkyl halides is 5. The maximum atomic E-state index is 12.7. The molecule has 0 nitrogen and oxygen atoms in total. The largest absolute Gasteiger partial charge is 0.457 e. The van der Waals surface area contributed by atoms with E-state index in [0.717, 1.165) is 32.1 Å². The van der Waals surface area contributed by atoms with Crippen LogP contribution in [-0.2, 0) is 0 Å². The Morgan fingerprint density at radius 2 is 1.37 bits per heavy atom. The molecule has 114 valence electrons. The van der Waals surface area contributed by atoms with Gasteiger partial charge in [0.05, 0.1) is 0 Å². The van der Waals surface area contributed by atoms with Gasteiger partial charge in [-0.3, -0.25) is 0 Å². The highest BCUT2D eigenvalue weighted by atomic mass is 127. The number of hydrogen-bond acceptors (Lipinski definition) is 0. The molecule has 0 spiro atoms. The normalized spacial score (nSPS) is 13.9. The Labute approximate surface area is 125 Å². The molecule has 0 radical (unpaired) electrons. The van der Waals surface area contributed by atoms with Crippen molar-refractivity contribution in [2.24, 2.45) is 0 Å². The molecule has 0 aromatic carbocycles. The van der Waals surface area contributed by atoms with Crippen LogP contribution in [0.3, 0.4) is 0 Å². The van der Waals surface area contributed by atoms with Crippen LogP contribution in [0.2, 0.25) is 0 Å². The van der Waals surface area contributed by atoms with Crippen molar-refractivity contribution in [3.63, 3.8) is 0 Å². The molecule has 0 N–H and O–H groups in total. The zero-order valence-electron chi connectivity index (χ0n) is 11.0. The predicted molar refractivity (Wildman–Crippen MR) is 75.7 cm³/mol. The molecule has 0 amide bonds. The minimum atomic E-state index is -5.50. The first-order valence-corrected chi connectivity index (χ1v) is 7.60. The van der Waals surface area contributed by atoms with E-state index in [1.807, 2.05) is 0 Å². The standard InChI is InChI=1S/C13H20F5I/c1-2-3-4-5-6-7-8-9-11(19)10-12(14,15)13(16,17)18/h10H,2-9H2,1H3. The molecule has 19 heavy (non-hydrogen) atoms. The van der Waals surface area contributed by atoms with Crippen LogP contribution in [0.4, 0.5) is 22.0 Å². The molecule has 0 aromatic heterocycles. The van der Waals surface area contributed by atoms with E-state index in [2.05, 4.69) is 6.92 Å². The van der Waals surface area contributed by atoms with E-state index in [9.17, 15) is 22.0 Å². The second-order valence-electron chi connectivity index (χ2n) is 4.58. The molecule has 0 aliphatic carbocycles. The average molecular weight is 398 g/mol. The summed E-state index contributed by atoms with van der Waals surface area (Å²) >= 11 is 1.56. The van der Waals surface area contributed by atoms with Crippen molar-refractivity contribution in [2.45, 2.75) is 70.4 Å². The third kappa shape index (κ3) is 8.81. The van der Waals surface area contributed by atoms with E-state index in [-0.39, 0.29) is 9.66 Å². The Kier molecular flexibility index (Phi) is 9.19. The first-order chi connectivity index (χ1) is 8.70. The second kappa shape index (κ2) is 9.13. The minimum absolute atomic E-state index is 0.0324. The molecule has 0 aromatic rings. The van der Waals surface area contributed by atoms with Crippen molar-refractivity contribution >= 4 is 22.6 Å². The van der Waals surface area contributed by atoms with Crippen LogP contribution in [0.15, 0.2) is 9.66 Å². The van der Waals surface area contributed by atoms with E-state index in [4.69, 9.17) is 0 Å². The van der Waals surface area contributed by atoms with Crippen LogP contribution in [-0.4, -0.2) is 12.1 Å². The summed E-state index contributed by atoms with van der Waals surface area (Å²) in [4.78, 5) is 0. The summed E-state index contributed by atoms with van der Waals surface area (Å²) in [5, 5.41) is 0. The van der Waals surface area contributed by atoms with Crippen LogP contribution in [0, 0.1) is 0 Å². The quantitative estimate of drug-likeness (QED) is 0.232. The lowest BCUT2D eigenvalue weighted by atomic mass is 10.1. The summed E-state index contributed by atoms with van der Waals surface area (Å²) in [7, 11) is 0. The topological polar surface area (TPSA) is 0 Å². The smallest absolute Gasteiger partial charge is 0.191 e. The highest BCUT2D eigenvalue weighted by Gasteiger charge is 2.55. The van der Waals surface area contributed by atoms with Crippen LogP contribution >= 0.6 is 22.6 Å². The van der Waals surface area contributed by atoms with Crippen molar-refractivity contribution in [1.82, 2.24) is 0 Å². The zero-order valence-corrected chi connectivity index (χ0v) is 13.2. The Morgan fingerprint density at radius 3 is 1.84 bits per heavy atom. The van der Waals surface area contributed by atoms with Crippen LogP contribution in [0.25, 0.3) is 0 Å². The van der Waals surface area contributed by atoms with Crippen molar-refractivity contribution in [3.05, 3.63) is 9.66 Å². The lowest BCUT2D eigenvalue weighted by Crippen LogP contribution is -2.34. The van der Waals surface area contributed by atoms with Gasteiger partial charge in [-0.2, -0.15) is 22.0 Å². The molecule has 0 unspecified atom stereocenters. The number of halogens is 6. The fourth-order valence-corrected chi connectivity index (χ4v) is 2.37. The molecular formula is C13H20F5I. The molecule has 0 saturated heterocycles. The van der Waals surface area contributed by atoms with Crippen molar-refractivity contribution in [1.29, 1.82) is 0 Å². The van der Waals surface area contributed by atoms with Crippen molar-refractivity contribution in [2.75, 3.05) is 0 Å². The lowest BCUT2D eigenvalue weighted by molar-refractivity contribution is -0.259. The molecule has 0 saturated carbocycles. The van der Waals surface area contributed by atoms with Gasteiger partial charge >= 0.3 is 12.1 Å². The summed E-state index contributed by atoms with van der Waals surface area (Å²) in [6.45, 7) is 2.12. The van der Waals surface area contributed by atoms with E-state index in [0.29, 0.717) is 12.8 Å². The van der Waals surface area contributed by atoms with E-state index >= 15 is 0 Å². The van der Waals surface area contributed by atoms with Gasteiger partial charge in [-0.1, -0.05) is 45.4 Å². The van der Waals surface area contributed by atoms with Gasteiger partial charge in [0.1, 0.15) is 0 Å². The molecule has 6 heteroatoms. The van der Waals surface area contributed by atoms with E-state index < -0.39 is 12.1 Å². The molecule has 0 bridgehead atoms. The highest BCUT2D eigenvalue weighted by Crippen LogP contribution is 2.38. The maximum absolute atomic E-state index is 12.7. The van der Waals surface area contributed by atoms with E-state index in [1.165, 1.54) is 6.42 Å². The number of hydrogen-bond donors (Lipinski definition) is 0. The summed E-state index contributed by atoms with van der Waals surface area (Å²) < 4.78 is 61.3. The zero-order chi connectivity index (χ0) is 14.9. The summed E-state index contributed by atoms with van der Waals surface area (Å²) in [6.07, 6.45) is 2.00. The highest BCUT2D eigenvalue weighted by molar-refractivity contribution is 14.1. The van der Waals surface area contributed by atoms with Gasteiger partial charge in [0, 0.05) is 6.08 Å². The van der Waals surface area contributed by atoms with Crippen LogP contribution < -0.4 is 0 Å². The van der Waals surface area contributed by atoms with Gasteiger partial charge in [0.25, 0.3) is 0 Å². The number of rotatable bonds is 9. The fourth-order valence-electron chi connectivity index (χ4n) is 1.60. The van der Waals surface area contributed by atoms with Gasteiger partial charge < -0.3 is 0 Å². The summed E-state index contributed by atoms with van der Waals surface area (Å²) in [6, 6.07) is 0. The molecular weight excluding hydrogens is 378 g/mol. The van der Waals surface area contributed by atoms with Gasteiger partial charge in [-0.15, -0.1) is 0 Å². The second-order valence-corrected chi connectivity index (χ2v) is 5.97. The number of allylic oxidation sites excluding steroid dienone is 2. The maximum Gasteiger partial charge on any atom is 0.457 e. The molecule has 0 aliphatic rings. The first kappa shape index (κ1) is 19.1. The van der Waals surface area contributed by atoms with Crippen LogP contribution in [0.5, 0.6) is 0 Å². The minimum Gasteiger partial charge on any atom is -0.191 e. The molecule has 0 rings (SSSR count). The Balaban J connectivity index is 3.89. The molecule has 0 atom stereocenters. The molecule has 0 heterocycles.